The van der Waals surface area contributed by atoms with Gasteiger partial charge in [-0.15, -0.1) is 0 Å². The lowest BCUT2D eigenvalue weighted by atomic mass is 10.1. The molecule has 0 aliphatic heterocycles. The van der Waals surface area contributed by atoms with Crippen LogP contribution in [0.2, 0.25) is 0 Å². The molecule has 0 spiro atoms. The molecule has 0 atom stereocenters. The third-order valence-corrected chi connectivity index (χ3v) is 3.57. The van der Waals surface area contributed by atoms with Crippen LogP contribution in [0.3, 0.4) is 0 Å². The van der Waals surface area contributed by atoms with Crippen LogP contribution in [-0.4, -0.2) is 15.7 Å². The van der Waals surface area contributed by atoms with Crippen LogP contribution >= 0.6 is 0 Å². The van der Waals surface area contributed by atoms with E-state index in [0.717, 1.165) is 12.0 Å². The van der Waals surface area contributed by atoms with Crippen LogP contribution in [0.25, 0.3) is 0 Å². The summed E-state index contributed by atoms with van der Waals surface area (Å²) in [6.07, 6.45) is 12.8. The number of allylic oxidation sites excluding steroid dienone is 4. The summed E-state index contributed by atoms with van der Waals surface area (Å²) in [4.78, 5) is 16.3. The second-order valence-corrected chi connectivity index (χ2v) is 5.18. The van der Waals surface area contributed by atoms with Gasteiger partial charge in [0.15, 0.2) is 0 Å². The van der Waals surface area contributed by atoms with Crippen molar-refractivity contribution < 1.29 is 4.79 Å². The fourth-order valence-electron chi connectivity index (χ4n) is 2.35. The highest BCUT2D eigenvalue weighted by atomic mass is 16.1. The minimum atomic E-state index is -0.241. The molecule has 3 rings (SSSR count). The van der Waals surface area contributed by atoms with Gasteiger partial charge in [0.25, 0.3) is 5.91 Å². The minimum absolute atomic E-state index is 0.134. The van der Waals surface area contributed by atoms with Gasteiger partial charge in [-0.3, -0.25) is 9.48 Å². The summed E-state index contributed by atoms with van der Waals surface area (Å²) >= 11 is 0. The van der Waals surface area contributed by atoms with E-state index in [4.69, 9.17) is 0 Å². The molecule has 1 aliphatic rings. The van der Waals surface area contributed by atoms with Gasteiger partial charge in [-0.05, 0) is 31.0 Å². The predicted octanol–water partition coefficient (Wildman–Crippen LogP) is 2.99. The topological polar surface area (TPSA) is 47.2 Å². The summed E-state index contributed by atoms with van der Waals surface area (Å²) < 4.78 is 1.84. The largest absolute Gasteiger partial charge is 0.277 e. The number of carbonyl (C=O) groups excluding carboxylic acids is 1. The van der Waals surface area contributed by atoms with Crippen LogP contribution in [-0.2, 0) is 0 Å². The molecular weight excluding hydrogens is 274 g/mol. The maximum atomic E-state index is 12.2. The van der Waals surface area contributed by atoms with Crippen molar-refractivity contribution in [2.24, 2.45) is 4.99 Å². The number of carbonyl (C=O) groups is 1. The molecule has 0 saturated heterocycles. The number of aromatic nitrogens is 2. The van der Waals surface area contributed by atoms with E-state index in [0.29, 0.717) is 10.9 Å². The van der Waals surface area contributed by atoms with Crippen LogP contribution in [0.1, 0.15) is 28.4 Å². The van der Waals surface area contributed by atoms with Gasteiger partial charge in [0.1, 0.15) is 0 Å². The molecule has 4 nitrogen and oxygen atoms in total. The third kappa shape index (κ3) is 3.11. The average Bonchev–Trinajstić information content (AvgIpc) is 2.57. The van der Waals surface area contributed by atoms with Crippen LogP contribution < -0.4 is 5.36 Å². The number of rotatable bonds is 2. The lowest BCUT2D eigenvalue weighted by Crippen LogP contribution is -2.15. The van der Waals surface area contributed by atoms with E-state index >= 15 is 0 Å². The quantitative estimate of drug-likeness (QED) is 0.799. The zero-order valence-corrected chi connectivity index (χ0v) is 12.4. The van der Waals surface area contributed by atoms with E-state index < -0.39 is 0 Å². The molecule has 4 heteroatoms. The third-order valence-electron chi connectivity index (χ3n) is 3.57. The van der Waals surface area contributed by atoms with E-state index in [1.54, 1.807) is 18.3 Å². The maximum absolute atomic E-state index is 12.2. The Morgan fingerprint density at radius 2 is 2.00 bits per heavy atom. The van der Waals surface area contributed by atoms with E-state index in [9.17, 15) is 4.79 Å². The average molecular weight is 291 g/mol. The highest BCUT2D eigenvalue weighted by molar-refractivity contribution is 5.96. The molecule has 0 fully saturated rings. The number of nitrogens with zero attached hydrogens (tertiary/aromatic N) is 3. The van der Waals surface area contributed by atoms with Crippen molar-refractivity contribution in [2.75, 3.05) is 0 Å². The Bertz CT molecular complexity index is 783. The van der Waals surface area contributed by atoms with Crippen molar-refractivity contribution in [1.82, 2.24) is 9.78 Å². The fraction of sp³-hybridized carbons (Fsp3) is 0.167. The normalized spacial score (nSPS) is 15.2. The standard InChI is InChI=1S/C18H17N3O/c1-14-7-5-6-10-17(14)18(22)20-15-11-12-21(19-13-15)16-8-3-2-4-9-16/h3-13,16H,2H2,1H3. The first-order chi connectivity index (χ1) is 10.7. The first-order valence-corrected chi connectivity index (χ1v) is 7.26. The van der Waals surface area contributed by atoms with Crippen molar-refractivity contribution >= 4 is 5.91 Å². The summed E-state index contributed by atoms with van der Waals surface area (Å²) in [5.41, 5.74) is 1.55. The monoisotopic (exact) mass is 291 g/mol. The molecular formula is C18H17N3O. The van der Waals surface area contributed by atoms with Crippen LogP contribution in [0.5, 0.6) is 0 Å². The Morgan fingerprint density at radius 3 is 2.68 bits per heavy atom. The molecule has 1 amide bonds. The van der Waals surface area contributed by atoms with E-state index in [1.807, 2.05) is 36.0 Å². The number of hydrogen-bond donors (Lipinski definition) is 0. The Labute approximate surface area is 129 Å². The summed E-state index contributed by atoms with van der Waals surface area (Å²) in [5, 5.41) is 4.90. The van der Waals surface area contributed by atoms with E-state index in [2.05, 4.69) is 34.4 Å². The molecule has 1 heterocycles. The molecule has 0 unspecified atom stereocenters. The first-order valence-electron chi connectivity index (χ1n) is 7.26. The molecule has 0 bridgehead atoms. The summed E-state index contributed by atoms with van der Waals surface area (Å²) in [6.45, 7) is 1.90. The van der Waals surface area contributed by atoms with Crippen LogP contribution in [0, 0.1) is 6.92 Å². The SMILES string of the molecule is Cc1ccccc1C(=O)N=c1ccn(C2C=CCC=C2)nc1. The van der Waals surface area contributed by atoms with Gasteiger partial charge in [-0.2, -0.15) is 5.10 Å². The summed E-state index contributed by atoms with van der Waals surface area (Å²) in [6, 6.07) is 9.38. The first kappa shape index (κ1) is 14.2. The van der Waals surface area contributed by atoms with Gasteiger partial charge in [-0.1, -0.05) is 42.5 Å². The Balaban J connectivity index is 1.85. The van der Waals surface area contributed by atoms with Crippen molar-refractivity contribution in [1.29, 1.82) is 0 Å². The molecule has 1 aromatic heterocycles. The van der Waals surface area contributed by atoms with Crippen LogP contribution in [0.4, 0.5) is 0 Å². The second kappa shape index (κ2) is 6.35. The Hall–Kier alpha value is -2.75. The van der Waals surface area contributed by atoms with Gasteiger partial charge in [0, 0.05) is 11.8 Å². The maximum Gasteiger partial charge on any atom is 0.277 e. The van der Waals surface area contributed by atoms with Crippen molar-refractivity contribution in [3.8, 4) is 0 Å². The molecule has 0 N–H and O–H groups in total. The Morgan fingerprint density at radius 1 is 1.23 bits per heavy atom. The summed E-state index contributed by atoms with van der Waals surface area (Å²) in [5.74, 6) is -0.241. The summed E-state index contributed by atoms with van der Waals surface area (Å²) in [7, 11) is 0. The zero-order chi connectivity index (χ0) is 15.4. The number of aryl methyl sites for hydroxylation is 1. The molecule has 1 aliphatic carbocycles. The van der Waals surface area contributed by atoms with Crippen LogP contribution in [0.15, 0.2) is 72.0 Å². The highest BCUT2D eigenvalue weighted by Gasteiger charge is 2.07. The predicted molar refractivity (Wildman–Crippen MR) is 85.2 cm³/mol. The van der Waals surface area contributed by atoms with Gasteiger partial charge < -0.3 is 0 Å². The van der Waals surface area contributed by atoms with Gasteiger partial charge >= 0.3 is 0 Å². The molecule has 2 aromatic rings. The molecule has 22 heavy (non-hydrogen) atoms. The smallest absolute Gasteiger partial charge is 0.267 e. The number of amides is 1. The van der Waals surface area contributed by atoms with Crippen molar-refractivity contribution in [3.63, 3.8) is 0 Å². The Kier molecular flexibility index (Phi) is 4.10. The minimum Gasteiger partial charge on any atom is -0.267 e. The van der Waals surface area contributed by atoms with E-state index in [1.165, 1.54) is 0 Å². The second-order valence-electron chi connectivity index (χ2n) is 5.18. The highest BCUT2D eigenvalue weighted by Crippen LogP contribution is 2.13. The number of benzene rings is 1. The van der Waals surface area contributed by atoms with Gasteiger partial charge in [0.2, 0.25) is 0 Å². The molecule has 0 radical (unpaired) electrons. The lowest BCUT2D eigenvalue weighted by Gasteiger charge is -2.13. The molecule has 0 saturated carbocycles. The lowest BCUT2D eigenvalue weighted by molar-refractivity contribution is 0.0998. The van der Waals surface area contributed by atoms with E-state index in [-0.39, 0.29) is 11.9 Å². The molecule has 110 valence electrons. The number of hydrogen-bond acceptors (Lipinski definition) is 2. The zero-order valence-electron chi connectivity index (χ0n) is 12.4. The van der Waals surface area contributed by atoms with Gasteiger partial charge in [-0.25, -0.2) is 4.99 Å². The van der Waals surface area contributed by atoms with Crippen molar-refractivity contribution in [2.45, 2.75) is 19.4 Å². The van der Waals surface area contributed by atoms with Crippen molar-refractivity contribution in [3.05, 3.63) is 83.5 Å². The molecule has 1 aromatic carbocycles. The van der Waals surface area contributed by atoms with Gasteiger partial charge in [0.05, 0.1) is 17.6 Å². The fourth-order valence-corrected chi connectivity index (χ4v) is 2.35.